The van der Waals surface area contributed by atoms with Gasteiger partial charge in [0.1, 0.15) is 0 Å². The predicted molar refractivity (Wildman–Crippen MR) is 77.6 cm³/mol. The average Bonchev–Trinajstić information content (AvgIpc) is 2.43. The summed E-state index contributed by atoms with van der Waals surface area (Å²) in [7, 11) is 0. The minimum Gasteiger partial charge on any atom is -0.476 e. The Morgan fingerprint density at radius 2 is 1.86 bits per heavy atom. The first kappa shape index (κ1) is 15.3. The maximum absolute atomic E-state index is 10.7. The highest BCUT2D eigenvalue weighted by molar-refractivity contribution is 9.11. The first-order chi connectivity index (χ1) is 9.88. The number of aromatic nitrogens is 2. The number of carboxylic acid groups (broad SMARTS) is 1. The van der Waals surface area contributed by atoms with Crippen molar-refractivity contribution in [2.75, 3.05) is 0 Å². The van der Waals surface area contributed by atoms with Gasteiger partial charge in [0, 0.05) is 12.1 Å². The summed E-state index contributed by atoms with van der Waals surface area (Å²) in [6.07, 6.45) is 2.19. The van der Waals surface area contributed by atoms with Crippen LogP contribution in [0.2, 0.25) is 0 Å². The highest BCUT2D eigenvalue weighted by Gasteiger charge is 2.16. The summed E-state index contributed by atoms with van der Waals surface area (Å²) < 4.78 is 6.11. The van der Waals surface area contributed by atoms with E-state index in [1.165, 1.54) is 12.1 Å². The van der Waals surface area contributed by atoms with E-state index in [0.717, 1.165) is 12.4 Å². The molecule has 108 valence electrons. The smallest absolute Gasteiger partial charge is 0.356 e. The number of carboxylic acids is 1. The molecule has 1 heterocycles. The molecule has 0 atom stereocenters. The highest BCUT2D eigenvalue weighted by atomic mass is 79.9. The minimum atomic E-state index is -1.20. The van der Waals surface area contributed by atoms with Gasteiger partial charge in [-0.25, -0.2) is 14.8 Å². The molecule has 2 aromatic rings. The van der Waals surface area contributed by atoms with E-state index in [9.17, 15) is 14.9 Å². The first-order valence-electron chi connectivity index (χ1n) is 5.25. The van der Waals surface area contributed by atoms with Crippen LogP contribution in [-0.2, 0) is 0 Å². The topological polar surface area (TPSA) is 115 Å². The Bertz CT molecular complexity index is 697. The molecule has 0 bridgehead atoms. The van der Waals surface area contributed by atoms with Gasteiger partial charge >= 0.3 is 5.97 Å². The van der Waals surface area contributed by atoms with Crippen molar-refractivity contribution in [3.63, 3.8) is 0 Å². The normalized spacial score (nSPS) is 10.2. The fraction of sp³-hybridized carbons (Fsp3) is 0. The molecule has 0 aliphatic carbocycles. The number of non-ortho nitro benzene ring substituents is 1. The van der Waals surface area contributed by atoms with E-state index in [1.54, 1.807) is 0 Å². The van der Waals surface area contributed by atoms with Gasteiger partial charge in [-0.05, 0) is 31.9 Å². The molecule has 0 saturated carbocycles. The minimum absolute atomic E-state index is 0.0512. The van der Waals surface area contributed by atoms with Crippen LogP contribution < -0.4 is 4.74 Å². The number of nitro groups is 1. The van der Waals surface area contributed by atoms with Crippen LogP contribution in [0.3, 0.4) is 0 Å². The summed E-state index contributed by atoms with van der Waals surface area (Å²) in [5, 5.41) is 19.4. The lowest BCUT2D eigenvalue weighted by Gasteiger charge is -2.08. The number of nitro benzene ring substituents is 1. The van der Waals surface area contributed by atoms with Gasteiger partial charge in [-0.3, -0.25) is 10.1 Å². The molecule has 21 heavy (non-hydrogen) atoms. The third-order valence-corrected chi connectivity index (χ3v) is 3.43. The largest absolute Gasteiger partial charge is 0.476 e. The fourth-order valence-corrected chi connectivity index (χ4v) is 2.66. The zero-order valence-corrected chi connectivity index (χ0v) is 13.2. The number of hydrogen-bond donors (Lipinski definition) is 1. The lowest BCUT2D eigenvalue weighted by molar-refractivity contribution is -0.385. The van der Waals surface area contributed by atoms with E-state index >= 15 is 0 Å². The number of nitrogens with zero attached hydrogens (tertiary/aromatic N) is 3. The number of hydrogen-bond acceptors (Lipinski definition) is 6. The second-order valence-electron chi connectivity index (χ2n) is 3.64. The highest BCUT2D eigenvalue weighted by Crippen LogP contribution is 2.39. The molecule has 0 aliphatic heterocycles. The molecule has 1 N–H and O–H groups in total. The molecule has 0 amide bonds. The number of halogens is 2. The lowest BCUT2D eigenvalue weighted by Crippen LogP contribution is -2.01. The summed E-state index contributed by atoms with van der Waals surface area (Å²) in [5.74, 6) is -0.889. The van der Waals surface area contributed by atoms with E-state index in [-0.39, 0.29) is 23.0 Å². The second-order valence-corrected chi connectivity index (χ2v) is 5.35. The Labute approximate surface area is 134 Å². The van der Waals surface area contributed by atoms with Gasteiger partial charge in [0.05, 0.1) is 26.3 Å². The van der Waals surface area contributed by atoms with Crippen molar-refractivity contribution >= 4 is 43.5 Å². The van der Waals surface area contributed by atoms with Gasteiger partial charge < -0.3 is 9.84 Å². The van der Waals surface area contributed by atoms with Crippen LogP contribution in [0.1, 0.15) is 10.5 Å². The van der Waals surface area contributed by atoms with Crippen molar-refractivity contribution in [3.05, 3.63) is 49.3 Å². The molecule has 0 aliphatic rings. The summed E-state index contributed by atoms with van der Waals surface area (Å²) in [6.45, 7) is 0. The molecule has 0 radical (unpaired) electrons. The number of ether oxygens (including phenoxy) is 1. The molecule has 1 aromatic carbocycles. The standard InChI is InChI=1S/C11H5Br2N3O5/c12-6-1-5(16(19)20)2-7(13)10(6)21-9-4-14-8(3-15-9)11(17)18/h1-4H,(H,17,18). The van der Waals surface area contributed by atoms with E-state index < -0.39 is 10.9 Å². The van der Waals surface area contributed by atoms with Gasteiger partial charge in [0.25, 0.3) is 5.69 Å². The second kappa shape index (κ2) is 6.14. The average molecular weight is 419 g/mol. The quantitative estimate of drug-likeness (QED) is 0.597. The Kier molecular flexibility index (Phi) is 4.48. The number of aromatic carboxylic acids is 1. The number of carbonyl (C=O) groups is 1. The molecule has 10 heteroatoms. The Balaban J connectivity index is 2.31. The maximum Gasteiger partial charge on any atom is 0.356 e. The van der Waals surface area contributed by atoms with Crippen molar-refractivity contribution in [2.45, 2.75) is 0 Å². The van der Waals surface area contributed by atoms with Crippen LogP contribution in [0.4, 0.5) is 5.69 Å². The maximum atomic E-state index is 10.7. The summed E-state index contributed by atoms with van der Waals surface area (Å²) in [5.41, 5.74) is -0.336. The Morgan fingerprint density at radius 3 is 2.29 bits per heavy atom. The molecule has 0 spiro atoms. The molecular weight excluding hydrogens is 414 g/mol. The van der Waals surface area contributed by atoms with E-state index in [4.69, 9.17) is 9.84 Å². The van der Waals surface area contributed by atoms with E-state index in [2.05, 4.69) is 41.8 Å². The molecule has 0 unspecified atom stereocenters. The van der Waals surface area contributed by atoms with Crippen molar-refractivity contribution in [3.8, 4) is 11.6 Å². The van der Waals surface area contributed by atoms with Crippen LogP contribution in [0.15, 0.2) is 33.5 Å². The van der Waals surface area contributed by atoms with Gasteiger partial charge in [0.2, 0.25) is 5.88 Å². The van der Waals surface area contributed by atoms with Gasteiger partial charge in [0.15, 0.2) is 11.4 Å². The number of benzene rings is 1. The van der Waals surface area contributed by atoms with Crippen LogP contribution in [0, 0.1) is 10.1 Å². The Morgan fingerprint density at radius 1 is 1.24 bits per heavy atom. The predicted octanol–water partition coefficient (Wildman–Crippen LogP) is 3.40. The van der Waals surface area contributed by atoms with Gasteiger partial charge in [-0.2, -0.15) is 0 Å². The SMILES string of the molecule is O=C(O)c1cnc(Oc2c(Br)cc([N+](=O)[O-])cc2Br)cn1. The number of rotatable bonds is 4. The van der Waals surface area contributed by atoms with E-state index in [0.29, 0.717) is 8.95 Å². The van der Waals surface area contributed by atoms with Crippen molar-refractivity contribution in [1.29, 1.82) is 0 Å². The molecule has 8 nitrogen and oxygen atoms in total. The molecular formula is C11H5Br2N3O5. The zero-order chi connectivity index (χ0) is 15.6. The summed E-state index contributed by atoms with van der Waals surface area (Å²) in [4.78, 5) is 28.3. The third-order valence-electron chi connectivity index (χ3n) is 2.25. The molecule has 1 aromatic heterocycles. The Hall–Kier alpha value is -2.07. The van der Waals surface area contributed by atoms with E-state index in [1.807, 2.05) is 0 Å². The van der Waals surface area contributed by atoms with Crippen LogP contribution in [-0.4, -0.2) is 26.0 Å². The van der Waals surface area contributed by atoms with Crippen molar-refractivity contribution < 1.29 is 19.6 Å². The van der Waals surface area contributed by atoms with Crippen LogP contribution in [0.25, 0.3) is 0 Å². The monoisotopic (exact) mass is 417 g/mol. The molecule has 0 saturated heterocycles. The lowest BCUT2D eigenvalue weighted by atomic mass is 10.3. The molecule has 0 fully saturated rings. The van der Waals surface area contributed by atoms with Crippen molar-refractivity contribution in [1.82, 2.24) is 9.97 Å². The summed E-state index contributed by atoms with van der Waals surface area (Å²) in [6, 6.07) is 2.55. The van der Waals surface area contributed by atoms with Crippen LogP contribution >= 0.6 is 31.9 Å². The fourth-order valence-electron chi connectivity index (χ4n) is 1.33. The summed E-state index contributed by atoms with van der Waals surface area (Å²) >= 11 is 6.32. The van der Waals surface area contributed by atoms with Gasteiger partial charge in [-0.15, -0.1) is 0 Å². The van der Waals surface area contributed by atoms with Crippen molar-refractivity contribution in [2.24, 2.45) is 0 Å². The van der Waals surface area contributed by atoms with Gasteiger partial charge in [-0.1, -0.05) is 0 Å². The molecule has 2 rings (SSSR count). The van der Waals surface area contributed by atoms with Crippen LogP contribution in [0.5, 0.6) is 11.6 Å². The third kappa shape index (κ3) is 3.52. The first-order valence-corrected chi connectivity index (χ1v) is 6.83. The zero-order valence-electron chi connectivity index (χ0n) is 9.99.